The smallest absolute Gasteiger partial charge is 0.228 e. The zero-order chi connectivity index (χ0) is 9.99. The highest BCUT2D eigenvalue weighted by Gasteiger charge is 2.36. The van der Waals surface area contributed by atoms with E-state index < -0.39 is 18.2 Å². The van der Waals surface area contributed by atoms with Crippen LogP contribution >= 0.6 is 34.8 Å². The fraction of sp³-hybridized carbons (Fsp3) is 0.833. The first-order valence-corrected chi connectivity index (χ1v) is 7.85. The molecule has 0 bridgehead atoms. The van der Waals surface area contributed by atoms with Gasteiger partial charge in [0.1, 0.15) is 0 Å². The van der Waals surface area contributed by atoms with E-state index in [1.165, 1.54) is 0 Å². The molecule has 0 aromatic rings. The lowest BCUT2D eigenvalue weighted by Gasteiger charge is -2.25. The predicted octanol–water partition coefficient (Wildman–Crippen LogP) is 3.10. The van der Waals surface area contributed by atoms with Gasteiger partial charge in [0.05, 0.1) is 6.07 Å². The van der Waals surface area contributed by atoms with Gasteiger partial charge in [-0.05, 0) is 19.6 Å². The van der Waals surface area contributed by atoms with Crippen molar-refractivity contribution in [1.29, 1.82) is 5.26 Å². The van der Waals surface area contributed by atoms with Crippen LogP contribution in [0.1, 0.15) is 0 Å². The van der Waals surface area contributed by atoms with Crippen molar-refractivity contribution in [3.05, 3.63) is 0 Å². The maximum atomic E-state index is 8.62. The number of nitrogens with zero attached hydrogens (tertiary/aromatic N) is 1. The molecule has 0 aromatic heterocycles. The van der Waals surface area contributed by atoms with Crippen LogP contribution in [0.5, 0.6) is 0 Å². The number of hydrogen-bond acceptors (Lipinski definition) is 2. The molecule has 0 spiro atoms. The molecular formula is C6H10Cl3NOSi. The summed E-state index contributed by atoms with van der Waals surface area (Å²) < 4.78 is 3.68. The van der Waals surface area contributed by atoms with Crippen LogP contribution in [0.4, 0.5) is 0 Å². The largest absolute Gasteiger partial charge is 0.399 e. The second kappa shape index (κ2) is 4.16. The number of halogens is 3. The van der Waals surface area contributed by atoms with Crippen molar-refractivity contribution >= 4 is 43.1 Å². The Bertz CT molecular complexity index is 190. The minimum atomic E-state index is -1.83. The number of rotatable bonds is 2. The molecule has 1 unspecified atom stereocenters. The maximum absolute atomic E-state index is 8.62. The van der Waals surface area contributed by atoms with E-state index in [1.807, 2.05) is 25.7 Å². The molecule has 0 saturated carbocycles. The van der Waals surface area contributed by atoms with E-state index >= 15 is 0 Å². The van der Waals surface area contributed by atoms with Crippen LogP contribution in [0.3, 0.4) is 0 Å². The van der Waals surface area contributed by atoms with Gasteiger partial charge in [0.2, 0.25) is 3.79 Å². The first-order valence-electron chi connectivity index (χ1n) is 3.31. The Kier molecular flexibility index (Phi) is 4.35. The first kappa shape index (κ1) is 12.5. The van der Waals surface area contributed by atoms with Crippen molar-refractivity contribution < 1.29 is 4.43 Å². The Morgan fingerprint density at radius 2 is 1.75 bits per heavy atom. The third-order valence-electron chi connectivity index (χ3n) is 0.886. The van der Waals surface area contributed by atoms with Crippen LogP contribution < -0.4 is 0 Å². The van der Waals surface area contributed by atoms with Crippen LogP contribution in [-0.4, -0.2) is 18.2 Å². The number of nitriles is 1. The van der Waals surface area contributed by atoms with Gasteiger partial charge in [0.25, 0.3) is 0 Å². The van der Waals surface area contributed by atoms with E-state index in [0.717, 1.165) is 0 Å². The number of alkyl halides is 3. The van der Waals surface area contributed by atoms with Crippen molar-refractivity contribution in [1.82, 2.24) is 0 Å². The Morgan fingerprint density at radius 3 is 1.83 bits per heavy atom. The highest BCUT2D eigenvalue weighted by atomic mass is 35.6. The highest BCUT2D eigenvalue weighted by Crippen LogP contribution is 2.33. The quantitative estimate of drug-likeness (QED) is 0.554. The van der Waals surface area contributed by atoms with Gasteiger partial charge in [-0.3, -0.25) is 0 Å². The van der Waals surface area contributed by atoms with E-state index in [0.29, 0.717) is 0 Å². The van der Waals surface area contributed by atoms with Gasteiger partial charge in [-0.25, -0.2) is 0 Å². The molecule has 70 valence electrons. The highest BCUT2D eigenvalue weighted by molar-refractivity contribution is 6.71. The summed E-state index contributed by atoms with van der Waals surface area (Å²) in [6.07, 6.45) is -0.978. The lowest BCUT2D eigenvalue weighted by molar-refractivity contribution is 0.253. The van der Waals surface area contributed by atoms with E-state index in [1.54, 1.807) is 0 Å². The van der Waals surface area contributed by atoms with Gasteiger partial charge in [-0.15, -0.1) is 0 Å². The van der Waals surface area contributed by atoms with Crippen molar-refractivity contribution in [3.8, 4) is 6.07 Å². The van der Waals surface area contributed by atoms with Crippen molar-refractivity contribution in [2.75, 3.05) is 0 Å². The molecule has 0 N–H and O–H groups in total. The maximum Gasteiger partial charge on any atom is 0.228 e. The van der Waals surface area contributed by atoms with E-state index in [4.69, 9.17) is 44.5 Å². The Morgan fingerprint density at radius 1 is 1.33 bits per heavy atom. The van der Waals surface area contributed by atoms with Gasteiger partial charge in [0.15, 0.2) is 14.4 Å². The van der Waals surface area contributed by atoms with Crippen molar-refractivity contribution in [2.45, 2.75) is 29.5 Å². The van der Waals surface area contributed by atoms with Gasteiger partial charge in [-0.2, -0.15) is 5.26 Å². The second-order valence-electron chi connectivity index (χ2n) is 3.28. The molecule has 0 aliphatic carbocycles. The Hall–Kier alpha value is 0.537. The standard InChI is InChI=1S/C6H10Cl3NOSi/c1-12(2,3)11-5(4-10)6(7,8)9/h5H,1-3H3. The third kappa shape index (κ3) is 5.23. The molecule has 0 heterocycles. The molecule has 0 aromatic carbocycles. The molecule has 0 rings (SSSR count). The lowest BCUT2D eigenvalue weighted by atomic mass is 10.5. The summed E-state index contributed by atoms with van der Waals surface area (Å²) in [5, 5.41) is 8.62. The monoisotopic (exact) mass is 245 g/mol. The van der Waals surface area contributed by atoms with Crippen molar-refractivity contribution in [2.24, 2.45) is 0 Å². The molecule has 0 amide bonds. The van der Waals surface area contributed by atoms with Crippen LogP contribution in [0.25, 0.3) is 0 Å². The molecule has 0 fully saturated rings. The topological polar surface area (TPSA) is 33.0 Å². The average molecular weight is 247 g/mol. The van der Waals surface area contributed by atoms with Gasteiger partial charge >= 0.3 is 0 Å². The van der Waals surface area contributed by atoms with Crippen LogP contribution in [0, 0.1) is 11.3 Å². The Labute approximate surface area is 88.5 Å². The summed E-state index contributed by atoms with van der Waals surface area (Å²) >= 11 is 16.5. The van der Waals surface area contributed by atoms with Crippen LogP contribution in [0.2, 0.25) is 19.6 Å². The normalized spacial score (nSPS) is 15.4. The van der Waals surface area contributed by atoms with Crippen molar-refractivity contribution in [3.63, 3.8) is 0 Å². The molecule has 0 aliphatic rings. The summed E-state index contributed by atoms with van der Waals surface area (Å²) in [7, 11) is -1.83. The SMILES string of the molecule is C[Si](C)(C)OC(C#N)C(Cl)(Cl)Cl. The molecule has 2 nitrogen and oxygen atoms in total. The molecular weight excluding hydrogens is 237 g/mol. The summed E-state index contributed by atoms with van der Waals surface area (Å²) in [6, 6.07) is 1.82. The third-order valence-corrected chi connectivity index (χ3v) is 2.42. The molecule has 0 saturated heterocycles. The van der Waals surface area contributed by atoms with Gasteiger partial charge in [0, 0.05) is 0 Å². The predicted molar refractivity (Wildman–Crippen MR) is 54.1 cm³/mol. The number of hydrogen-bond donors (Lipinski definition) is 0. The van der Waals surface area contributed by atoms with Crippen LogP contribution in [-0.2, 0) is 4.43 Å². The van der Waals surface area contributed by atoms with E-state index in [2.05, 4.69) is 0 Å². The summed E-state index contributed by atoms with van der Waals surface area (Å²) in [5.74, 6) is 0. The molecule has 12 heavy (non-hydrogen) atoms. The summed E-state index contributed by atoms with van der Waals surface area (Å²) in [6.45, 7) is 5.77. The second-order valence-corrected chi connectivity index (χ2v) is 10.1. The first-order chi connectivity index (χ1) is 5.17. The Balaban J connectivity index is 4.33. The molecule has 0 radical (unpaired) electrons. The molecule has 1 atom stereocenters. The summed E-state index contributed by atoms with van der Waals surface area (Å²) in [4.78, 5) is 0. The zero-order valence-electron chi connectivity index (χ0n) is 7.07. The average Bonchev–Trinajstić information content (AvgIpc) is 1.78. The van der Waals surface area contributed by atoms with E-state index in [9.17, 15) is 0 Å². The molecule has 6 heteroatoms. The van der Waals surface area contributed by atoms with Gasteiger partial charge < -0.3 is 4.43 Å². The fourth-order valence-electron chi connectivity index (χ4n) is 0.520. The summed E-state index contributed by atoms with van der Waals surface area (Å²) in [5.41, 5.74) is 0. The van der Waals surface area contributed by atoms with Crippen LogP contribution in [0.15, 0.2) is 0 Å². The minimum absolute atomic E-state index is 0.978. The minimum Gasteiger partial charge on any atom is -0.399 e. The van der Waals surface area contributed by atoms with E-state index in [-0.39, 0.29) is 0 Å². The lowest BCUT2D eigenvalue weighted by Crippen LogP contribution is -2.38. The van der Waals surface area contributed by atoms with Gasteiger partial charge in [-0.1, -0.05) is 34.8 Å². The zero-order valence-corrected chi connectivity index (χ0v) is 10.3. The fourth-order valence-corrected chi connectivity index (χ4v) is 1.96. The molecule has 0 aliphatic heterocycles.